The number of likely N-dealkylation sites (tertiary alicyclic amines) is 1. The first-order valence-corrected chi connectivity index (χ1v) is 15.4. The standard InChI is InChI=1S/C27H54NO4P/c1-4-6-7-8-9-10-11-12-13-14-15-16-17-18-19-20-26-31-33(29,30-3)32-27-21-24-28(23-5-2)25-22-27/h5,27H,2,4,6-26H2,1,3H3. The highest BCUT2D eigenvalue weighted by Gasteiger charge is 2.31. The van der Waals surface area contributed by atoms with Crippen molar-refractivity contribution in [2.24, 2.45) is 0 Å². The molecule has 196 valence electrons. The highest BCUT2D eigenvalue weighted by atomic mass is 31.2. The fourth-order valence-electron chi connectivity index (χ4n) is 4.52. The highest BCUT2D eigenvalue weighted by molar-refractivity contribution is 7.48. The number of hydrogen-bond donors (Lipinski definition) is 0. The fraction of sp³-hybridized carbons (Fsp3) is 0.926. The summed E-state index contributed by atoms with van der Waals surface area (Å²) in [4.78, 5) is 2.32. The molecule has 1 rings (SSSR count). The van der Waals surface area contributed by atoms with E-state index in [2.05, 4.69) is 18.4 Å². The Kier molecular flexibility index (Phi) is 19.7. The van der Waals surface area contributed by atoms with E-state index in [1.54, 1.807) is 0 Å². The zero-order valence-corrected chi connectivity index (χ0v) is 22.8. The summed E-state index contributed by atoms with van der Waals surface area (Å²) in [6, 6.07) is 0. The number of nitrogens with zero attached hydrogens (tertiary/aromatic N) is 1. The first-order chi connectivity index (χ1) is 16.1. The van der Waals surface area contributed by atoms with Gasteiger partial charge in [-0.2, -0.15) is 0 Å². The lowest BCUT2D eigenvalue weighted by molar-refractivity contribution is 0.0527. The van der Waals surface area contributed by atoms with E-state index in [0.717, 1.165) is 45.3 Å². The quantitative estimate of drug-likeness (QED) is 0.0819. The molecule has 0 saturated carbocycles. The average Bonchev–Trinajstić information content (AvgIpc) is 2.82. The van der Waals surface area contributed by atoms with Crippen LogP contribution in [0.4, 0.5) is 0 Å². The summed E-state index contributed by atoms with van der Waals surface area (Å²) >= 11 is 0. The minimum atomic E-state index is -3.43. The largest absolute Gasteiger partial charge is 0.474 e. The molecule has 0 N–H and O–H groups in total. The van der Waals surface area contributed by atoms with Gasteiger partial charge < -0.3 is 0 Å². The summed E-state index contributed by atoms with van der Waals surface area (Å²) in [5.74, 6) is 0. The Morgan fingerprint density at radius 3 is 1.70 bits per heavy atom. The van der Waals surface area contributed by atoms with Crippen LogP contribution in [0.15, 0.2) is 12.7 Å². The van der Waals surface area contributed by atoms with Crippen molar-refractivity contribution in [3.8, 4) is 0 Å². The van der Waals surface area contributed by atoms with Crippen LogP contribution in [-0.4, -0.2) is 44.4 Å². The molecular formula is C27H54NO4P. The van der Waals surface area contributed by atoms with Gasteiger partial charge in [0.1, 0.15) is 0 Å². The molecule has 1 aliphatic heterocycles. The summed E-state index contributed by atoms with van der Waals surface area (Å²) < 4.78 is 29.1. The van der Waals surface area contributed by atoms with Crippen molar-refractivity contribution in [1.29, 1.82) is 0 Å². The van der Waals surface area contributed by atoms with Crippen molar-refractivity contribution >= 4 is 7.82 Å². The molecule has 0 bridgehead atoms. The van der Waals surface area contributed by atoms with Gasteiger partial charge in [-0.05, 0) is 19.3 Å². The lowest BCUT2D eigenvalue weighted by atomic mass is 10.0. The van der Waals surface area contributed by atoms with Crippen LogP contribution in [0.2, 0.25) is 0 Å². The van der Waals surface area contributed by atoms with Gasteiger partial charge in [-0.25, -0.2) is 4.57 Å². The molecule has 1 aliphatic rings. The van der Waals surface area contributed by atoms with Gasteiger partial charge >= 0.3 is 7.82 Å². The molecule has 33 heavy (non-hydrogen) atoms. The minimum Gasteiger partial charge on any atom is -0.300 e. The zero-order valence-electron chi connectivity index (χ0n) is 21.9. The molecule has 0 aromatic rings. The number of hydrogen-bond acceptors (Lipinski definition) is 5. The molecular weight excluding hydrogens is 433 g/mol. The number of phosphoric ester groups is 1. The van der Waals surface area contributed by atoms with Crippen LogP contribution in [0.3, 0.4) is 0 Å². The Bertz CT molecular complexity index is 495. The number of unbranched alkanes of at least 4 members (excludes halogenated alkanes) is 15. The minimum absolute atomic E-state index is 0.0531. The molecule has 1 unspecified atom stereocenters. The predicted molar refractivity (Wildman–Crippen MR) is 141 cm³/mol. The van der Waals surface area contributed by atoms with Gasteiger partial charge in [0.15, 0.2) is 0 Å². The Morgan fingerprint density at radius 1 is 0.818 bits per heavy atom. The summed E-state index contributed by atoms with van der Waals surface area (Å²) in [7, 11) is -2.01. The maximum absolute atomic E-state index is 12.7. The zero-order chi connectivity index (χ0) is 24.0. The molecule has 6 heteroatoms. The lowest BCUT2D eigenvalue weighted by Crippen LogP contribution is -2.36. The van der Waals surface area contributed by atoms with Crippen molar-refractivity contribution in [2.75, 3.05) is 33.4 Å². The molecule has 0 aliphatic carbocycles. The Morgan fingerprint density at radius 2 is 1.27 bits per heavy atom. The maximum atomic E-state index is 12.7. The summed E-state index contributed by atoms with van der Waals surface area (Å²) in [5, 5.41) is 0. The lowest BCUT2D eigenvalue weighted by Gasteiger charge is -2.32. The van der Waals surface area contributed by atoms with Gasteiger partial charge in [0.25, 0.3) is 0 Å². The van der Waals surface area contributed by atoms with Crippen LogP contribution >= 0.6 is 7.82 Å². The molecule has 0 radical (unpaired) electrons. The first-order valence-electron chi connectivity index (χ1n) is 14.0. The smallest absolute Gasteiger partial charge is 0.300 e. The Balaban J connectivity index is 1.90. The molecule has 1 saturated heterocycles. The third-order valence-corrected chi connectivity index (χ3v) is 8.17. The summed E-state index contributed by atoms with van der Waals surface area (Å²) in [5.41, 5.74) is 0. The van der Waals surface area contributed by atoms with E-state index in [4.69, 9.17) is 13.6 Å². The number of rotatable bonds is 23. The number of phosphoric acid groups is 1. The van der Waals surface area contributed by atoms with Gasteiger partial charge in [0.05, 0.1) is 12.7 Å². The SMILES string of the molecule is C=CCN1CCC(OP(=O)(OC)OCCCCCCCCCCCCCCCCCC)CC1. The molecule has 5 nitrogen and oxygen atoms in total. The van der Waals surface area contributed by atoms with Crippen LogP contribution in [0, 0.1) is 0 Å². The van der Waals surface area contributed by atoms with Gasteiger partial charge in [0.2, 0.25) is 0 Å². The van der Waals surface area contributed by atoms with E-state index in [-0.39, 0.29) is 6.10 Å². The van der Waals surface area contributed by atoms with Gasteiger partial charge in [-0.1, -0.05) is 109 Å². The van der Waals surface area contributed by atoms with Crippen molar-refractivity contribution in [2.45, 2.75) is 129 Å². The van der Waals surface area contributed by atoms with Crippen molar-refractivity contribution in [3.05, 3.63) is 12.7 Å². The van der Waals surface area contributed by atoms with Crippen LogP contribution in [-0.2, 0) is 18.1 Å². The van der Waals surface area contributed by atoms with Crippen LogP contribution in [0.1, 0.15) is 122 Å². The van der Waals surface area contributed by atoms with Crippen LogP contribution in [0.25, 0.3) is 0 Å². The van der Waals surface area contributed by atoms with Crippen LogP contribution in [0.5, 0.6) is 0 Å². The molecule has 0 spiro atoms. The molecule has 1 atom stereocenters. The molecule has 1 heterocycles. The van der Waals surface area contributed by atoms with E-state index < -0.39 is 7.82 Å². The van der Waals surface area contributed by atoms with Gasteiger partial charge in [0, 0.05) is 26.7 Å². The molecule has 1 fully saturated rings. The van der Waals surface area contributed by atoms with E-state index >= 15 is 0 Å². The molecule has 0 amide bonds. The average molecular weight is 488 g/mol. The Hall–Kier alpha value is -0.190. The van der Waals surface area contributed by atoms with Crippen LogP contribution < -0.4 is 0 Å². The molecule has 0 aromatic carbocycles. The monoisotopic (exact) mass is 487 g/mol. The van der Waals surface area contributed by atoms with Crippen molar-refractivity contribution in [1.82, 2.24) is 4.90 Å². The van der Waals surface area contributed by atoms with Crippen molar-refractivity contribution in [3.63, 3.8) is 0 Å². The first kappa shape index (κ1) is 30.8. The summed E-state index contributed by atoms with van der Waals surface area (Å²) in [6.45, 7) is 9.26. The van der Waals surface area contributed by atoms with Gasteiger partial charge in [-0.15, -0.1) is 6.58 Å². The predicted octanol–water partition coefficient (Wildman–Crippen LogP) is 8.69. The second-order valence-corrected chi connectivity index (χ2v) is 11.4. The highest BCUT2D eigenvalue weighted by Crippen LogP contribution is 2.50. The van der Waals surface area contributed by atoms with Crippen molar-refractivity contribution < 1.29 is 18.1 Å². The number of piperidine rings is 1. The summed E-state index contributed by atoms with van der Waals surface area (Å²) in [6.07, 6.45) is 24.9. The van der Waals surface area contributed by atoms with E-state index in [0.29, 0.717) is 6.61 Å². The van der Waals surface area contributed by atoms with E-state index in [1.165, 1.54) is 97.0 Å². The molecule has 0 aromatic heterocycles. The Labute approximate surface area is 205 Å². The van der Waals surface area contributed by atoms with E-state index in [1.807, 2.05) is 6.08 Å². The van der Waals surface area contributed by atoms with E-state index in [9.17, 15) is 4.57 Å². The third-order valence-electron chi connectivity index (χ3n) is 6.67. The normalized spacial score (nSPS) is 17.3. The fourth-order valence-corrected chi connectivity index (χ4v) is 5.70. The maximum Gasteiger partial charge on any atom is 0.474 e. The third kappa shape index (κ3) is 17.0. The second kappa shape index (κ2) is 21.1. The second-order valence-electron chi connectivity index (χ2n) is 9.66. The van der Waals surface area contributed by atoms with Gasteiger partial charge in [-0.3, -0.25) is 18.5 Å². The topological polar surface area (TPSA) is 48.0 Å².